The molecule has 0 aliphatic carbocycles. The smallest absolute Gasteiger partial charge is 0.123 e. The number of rotatable bonds is 5. The topological polar surface area (TPSA) is 37.6 Å². The van der Waals surface area contributed by atoms with Gasteiger partial charge in [-0.2, -0.15) is 0 Å². The summed E-state index contributed by atoms with van der Waals surface area (Å²) in [6.45, 7) is 7.21. The van der Waals surface area contributed by atoms with Crippen LogP contribution in [-0.2, 0) is 19.6 Å². The Bertz CT molecular complexity index is 580. The summed E-state index contributed by atoms with van der Waals surface area (Å²) in [4.78, 5) is 2.36. The van der Waals surface area contributed by atoms with Crippen LogP contribution in [0.15, 0.2) is 40.8 Å². The molecule has 21 heavy (non-hydrogen) atoms. The van der Waals surface area contributed by atoms with E-state index in [1.165, 1.54) is 5.56 Å². The van der Waals surface area contributed by atoms with Crippen LogP contribution in [0.4, 0.5) is 0 Å². The Labute approximate surface area is 125 Å². The molecule has 1 aromatic heterocycles. The quantitative estimate of drug-likeness (QED) is 0.917. The van der Waals surface area contributed by atoms with Crippen LogP contribution in [0.3, 0.4) is 0 Å². The number of furan rings is 1. The minimum Gasteiger partial charge on any atom is -0.492 e. The summed E-state index contributed by atoms with van der Waals surface area (Å²) in [6.07, 6.45) is 0. The van der Waals surface area contributed by atoms with Crippen LogP contribution in [0.25, 0.3) is 0 Å². The zero-order chi connectivity index (χ0) is 14.5. The third kappa shape index (κ3) is 3.65. The first kappa shape index (κ1) is 14.2. The molecule has 0 saturated heterocycles. The molecular formula is C17H22N2O2. The van der Waals surface area contributed by atoms with Gasteiger partial charge in [0.25, 0.3) is 0 Å². The molecule has 3 rings (SSSR count). The van der Waals surface area contributed by atoms with Gasteiger partial charge in [0.05, 0.1) is 13.1 Å². The molecule has 0 spiro atoms. The normalized spacial score (nSPS) is 15.3. The van der Waals surface area contributed by atoms with Crippen molar-refractivity contribution in [1.29, 1.82) is 0 Å². The second kappa shape index (κ2) is 6.78. The van der Waals surface area contributed by atoms with E-state index in [0.717, 1.165) is 56.6 Å². The minimum absolute atomic E-state index is 0.724. The van der Waals surface area contributed by atoms with Gasteiger partial charge in [-0.3, -0.25) is 4.90 Å². The monoisotopic (exact) mass is 286 g/mol. The van der Waals surface area contributed by atoms with E-state index < -0.39 is 0 Å². The number of fused-ring (bicyclic) bond motifs is 1. The molecule has 0 amide bonds. The molecule has 0 unspecified atom stereocenters. The Morgan fingerprint density at radius 1 is 1.14 bits per heavy atom. The molecule has 0 bridgehead atoms. The molecule has 1 aliphatic rings. The Balaban J connectivity index is 1.64. The molecule has 0 atom stereocenters. The lowest BCUT2D eigenvalue weighted by Crippen LogP contribution is -2.25. The van der Waals surface area contributed by atoms with Gasteiger partial charge in [-0.25, -0.2) is 0 Å². The second-order valence-electron chi connectivity index (χ2n) is 5.32. The highest BCUT2D eigenvalue weighted by Crippen LogP contribution is 2.23. The average Bonchev–Trinajstić information content (AvgIpc) is 2.83. The van der Waals surface area contributed by atoms with Gasteiger partial charge in [0.15, 0.2) is 0 Å². The van der Waals surface area contributed by atoms with Crippen LogP contribution < -0.4 is 10.1 Å². The highest BCUT2D eigenvalue weighted by atomic mass is 16.5. The van der Waals surface area contributed by atoms with E-state index in [4.69, 9.17) is 9.15 Å². The first-order valence-electron chi connectivity index (χ1n) is 7.56. The first-order chi connectivity index (χ1) is 10.3. The molecule has 2 heterocycles. The zero-order valence-electron chi connectivity index (χ0n) is 12.5. The predicted molar refractivity (Wildman–Crippen MR) is 82.1 cm³/mol. The van der Waals surface area contributed by atoms with E-state index in [2.05, 4.69) is 41.4 Å². The second-order valence-corrected chi connectivity index (χ2v) is 5.32. The van der Waals surface area contributed by atoms with Gasteiger partial charge >= 0.3 is 0 Å². The van der Waals surface area contributed by atoms with E-state index >= 15 is 0 Å². The largest absolute Gasteiger partial charge is 0.492 e. The lowest BCUT2D eigenvalue weighted by Gasteiger charge is -2.17. The number of benzene rings is 1. The lowest BCUT2D eigenvalue weighted by molar-refractivity contribution is 0.205. The van der Waals surface area contributed by atoms with Crippen LogP contribution in [0.5, 0.6) is 5.75 Å². The van der Waals surface area contributed by atoms with E-state index in [1.807, 2.05) is 12.1 Å². The fourth-order valence-electron chi connectivity index (χ4n) is 2.59. The van der Waals surface area contributed by atoms with Crippen LogP contribution >= 0.6 is 0 Å². The van der Waals surface area contributed by atoms with E-state index in [1.54, 1.807) is 0 Å². The fourth-order valence-corrected chi connectivity index (χ4v) is 2.59. The van der Waals surface area contributed by atoms with Crippen LogP contribution in [-0.4, -0.2) is 24.6 Å². The number of nitrogens with zero attached hydrogens (tertiary/aromatic N) is 1. The van der Waals surface area contributed by atoms with Crippen molar-refractivity contribution < 1.29 is 9.15 Å². The van der Waals surface area contributed by atoms with E-state index in [9.17, 15) is 0 Å². The minimum atomic E-state index is 0.724. The maximum absolute atomic E-state index is 5.87. The highest BCUT2D eigenvalue weighted by molar-refractivity contribution is 5.33. The van der Waals surface area contributed by atoms with Crippen molar-refractivity contribution in [3.05, 3.63) is 53.5 Å². The molecule has 4 heteroatoms. The predicted octanol–water partition coefficient (Wildman–Crippen LogP) is 2.78. The van der Waals surface area contributed by atoms with Gasteiger partial charge in [-0.15, -0.1) is 0 Å². The molecule has 1 aromatic carbocycles. The van der Waals surface area contributed by atoms with Crippen molar-refractivity contribution in [2.24, 2.45) is 0 Å². The highest BCUT2D eigenvalue weighted by Gasteiger charge is 2.16. The van der Waals surface area contributed by atoms with Gasteiger partial charge in [0, 0.05) is 18.7 Å². The third-order valence-corrected chi connectivity index (χ3v) is 3.68. The summed E-state index contributed by atoms with van der Waals surface area (Å²) >= 11 is 0. The van der Waals surface area contributed by atoms with Crippen molar-refractivity contribution in [3.8, 4) is 5.75 Å². The molecule has 1 aliphatic heterocycles. The fraction of sp³-hybridized carbons (Fsp3) is 0.412. The maximum Gasteiger partial charge on any atom is 0.123 e. The van der Waals surface area contributed by atoms with Gasteiger partial charge in [-0.05, 0) is 24.7 Å². The summed E-state index contributed by atoms with van der Waals surface area (Å²) in [5.74, 6) is 3.02. The number of hydrogen-bond donors (Lipinski definition) is 1. The van der Waals surface area contributed by atoms with Crippen molar-refractivity contribution in [3.63, 3.8) is 0 Å². The molecular weight excluding hydrogens is 264 g/mol. The summed E-state index contributed by atoms with van der Waals surface area (Å²) < 4.78 is 11.7. The van der Waals surface area contributed by atoms with Gasteiger partial charge in [0.1, 0.15) is 23.9 Å². The molecule has 0 radical (unpaired) electrons. The van der Waals surface area contributed by atoms with Crippen molar-refractivity contribution >= 4 is 0 Å². The molecule has 2 aromatic rings. The first-order valence-corrected chi connectivity index (χ1v) is 7.56. The van der Waals surface area contributed by atoms with Crippen LogP contribution in [0.2, 0.25) is 0 Å². The lowest BCUT2D eigenvalue weighted by atomic mass is 10.2. The maximum atomic E-state index is 5.87. The Hall–Kier alpha value is -1.78. The van der Waals surface area contributed by atoms with Crippen molar-refractivity contribution in [2.45, 2.75) is 26.6 Å². The van der Waals surface area contributed by atoms with Crippen LogP contribution in [0.1, 0.15) is 24.0 Å². The Kier molecular flexibility index (Phi) is 4.58. The summed E-state index contributed by atoms with van der Waals surface area (Å²) in [5, 5.41) is 3.28. The number of ether oxygens (including phenoxy) is 1. The molecule has 112 valence electrons. The molecule has 4 nitrogen and oxygen atoms in total. The third-order valence-electron chi connectivity index (χ3n) is 3.68. The standard InChI is InChI=1S/C17H22N2O2/c1-2-18-11-15-7-8-16(21-15)13-19-9-10-20-17-6-4-3-5-14(17)12-19/h3-8,18H,2,9-13H2,1H3. The van der Waals surface area contributed by atoms with Crippen LogP contribution in [0, 0.1) is 0 Å². The summed E-state index contributed by atoms with van der Waals surface area (Å²) in [6, 6.07) is 12.4. The summed E-state index contributed by atoms with van der Waals surface area (Å²) in [5.41, 5.74) is 1.24. The summed E-state index contributed by atoms with van der Waals surface area (Å²) in [7, 11) is 0. The number of para-hydroxylation sites is 1. The van der Waals surface area contributed by atoms with Gasteiger partial charge in [-0.1, -0.05) is 25.1 Å². The van der Waals surface area contributed by atoms with Gasteiger partial charge < -0.3 is 14.5 Å². The van der Waals surface area contributed by atoms with E-state index in [0.29, 0.717) is 0 Å². The zero-order valence-corrected chi connectivity index (χ0v) is 12.5. The number of nitrogens with one attached hydrogen (secondary N) is 1. The Morgan fingerprint density at radius 2 is 2.00 bits per heavy atom. The van der Waals surface area contributed by atoms with Gasteiger partial charge in [0.2, 0.25) is 0 Å². The average molecular weight is 286 g/mol. The number of hydrogen-bond acceptors (Lipinski definition) is 4. The molecule has 0 fully saturated rings. The van der Waals surface area contributed by atoms with Crippen molar-refractivity contribution in [2.75, 3.05) is 19.7 Å². The SMILES string of the molecule is CCNCc1ccc(CN2CCOc3ccccc3C2)o1. The molecule has 0 saturated carbocycles. The van der Waals surface area contributed by atoms with Crippen molar-refractivity contribution in [1.82, 2.24) is 10.2 Å². The van der Waals surface area contributed by atoms with E-state index in [-0.39, 0.29) is 0 Å². The molecule has 1 N–H and O–H groups in total. The Morgan fingerprint density at radius 3 is 2.90 bits per heavy atom.